The first-order valence-corrected chi connectivity index (χ1v) is 8.39. The lowest BCUT2D eigenvalue weighted by Crippen LogP contribution is -2.06. The van der Waals surface area contributed by atoms with Gasteiger partial charge in [-0.05, 0) is 51.3 Å². The zero-order valence-corrected chi connectivity index (χ0v) is 15.2. The number of furan rings is 1. The van der Waals surface area contributed by atoms with E-state index in [9.17, 15) is 4.79 Å². The van der Waals surface area contributed by atoms with E-state index in [0.29, 0.717) is 23.2 Å². The third-order valence-electron chi connectivity index (χ3n) is 3.53. The van der Waals surface area contributed by atoms with Crippen molar-refractivity contribution in [2.75, 3.05) is 7.11 Å². The predicted octanol–water partition coefficient (Wildman–Crippen LogP) is 5.14. The summed E-state index contributed by atoms with van der Waals surface area (Å²) in [4.78, 5) is 11.5. The number of hydrogen-bond donors (Lipinski definition) is 0. The van der Waals surface area contributed by atoms with Gasteiger partial charge in [0.05, 0.1) is 18.0 Å². The second kappa shape index (κ2) is 7.28. The predicted molar refractivity (Wildman–Crippen MR) is 95.4 cm³/mol. The smallest absolute Gasteiger partial charge is 0.310 e. The molecule has 0 aliphatic rings. The number of methoxy groups -OCH3 is 1. The van der Waals surface area contributed by atoms with Gasteiger partial charge in [-0.25, -0.2) is 0 Å². The number of carbonyl (C=O) groups excluding carboxylic acids is 1. The minimum atomic E-state index is -0.303. The summed E-state index contributed by atoms with van der Waals surface area (Å²) in [7, 11) is 1.37. The zero-order chi connectivity index (χ0) is 17.1. The Hall–Kier alpha value is -1.98. The largest absolute Gasteiger partial charge is 0.489 e. The molecule has 0 aliphatic carbocycles. The second-order valence-corrected chi connectivity index (χ2v) is 6.42. The summed E-state index contributed by atoms with van der Waals surface area (Å²) in [6, 6.07) is 13.0. The Morgan fingerprint density at radius 3 is 2.83 bits per heavy atom. The molecule has 0 bridgehead atoms. The van der Waals surface area contributed by atoms with Crippen molar-refractivity contribution in [1.82, 2.24) is 0 Å². The van der Waals surface area contributed by atoms with Crippen molar-refractivity contribution < 1.29 is 18.7 Å². The van der Waals surface area contributed by atoms with Crippen LogP contribution in [0.4, 0.5) is 0 Å². The van der Waals surface area contributed by atoms with Crippen LogP contribution in [0, 0.1) is 0 Å². The van der Waals surface area contributed by atoms with E-state index in [4.69, 9.17) is 25.5 Å². The SMILES string of the molecule is COC(=O)Cc1ccccc1OCc1cc(Br)c2oc(Cl)cc2c1. The van der Waals surface area contributed by atoms with Crippen LogP contribution in [0.2, 0.25) is 5.22 Å². The maximum Gasteiger partial charge on any atom is 0.310 e. The van der Waals surface area contributed by atoms with Crippen LogP contribution in [0.3, 0.4) is 0 Å². The first-order chi connectivity index (χ1) is 11.6. The number of fused-ring (bicyclic) bond motifs is 1. The van der Waals surface area contributed by atoms with Crippen LogP contribution in [0.1, 0.15) is 11.1 Å². The third-order valence-corrected chi connectivity index (χ3v) is 4.31. The number of hydrogen-bond acceptors (Lipinski definition) is 4. The molecule has 0 spiro atoms. The number of benzene rings is 2. The van der Waals surface area contributed by atoms with Crippen LogP contribution in [0.25, 0.3) is 11.0 Å². The fourth-order valence-electron chi connectivity index (χ4n) is 2.40. The van der Waals surface area contributed by atoms with E-state index in [1.807, 2.05) is 36.4 Å². The highest BCUT2D eigenvalue weighted by Crippen LogP contribution is 2.31. The normalized spacial score (nSPS) is 10.8. The summed E-state index contributed by atoms with van der Waals surface area (Å²) >= 11 is 9.38. The summed E-state index contributed by atoms with van der Waals surface area (Å²) in [6.07, 6.45) is 0.173. The van der Waals surface area contributed by atoms with Gasteiger partial charge in [0.1, 0.15) is 17.9 Å². The second-order valence-electron chi connectivity index (χ2n) is 5.20. The fraction of sp³-hybridized carbons (Fsp3) is 0.167. The van der Waals surface area contributed by atoms with Gasteiger partial charge in [0.25, 0.3) is 0 Å². The minimum Gasteiger partial charge on any atom is -0.489 e. The van der Waals surface area contributed by atoms with Crippen LogP contribution in [0.15, 0.2) is 51.4 Å². The molecule has 0 aliphatic heterocycles. The molecular weight excluding hydrogens is 396 g/mol. The first-order valence-electron chi connectivity index (χ1n) is 7.22. The van der Waals surface area contributed by atoms with Crippen molar-refractivity contribution in [2.24, 2.45) is 0 Å². The third kappa shape index (κ3) is 3.74. The molecule has 2 aromatic carbocycles. The molecule has 1 aromatic heterocycles. The number of ether oxygens (including phenoxy) is 2. The van der Waals surface area contributed by atoms with Crippen LogP contribution in [-0.4, -0.2) is 13.1 Å². The van der Waals surface area contributed by atoms with Crippen molar-refractivity contribution in [3.05, 3.63) is 63.3 Å². The maximum absolute atomic E-state index is 11.5. The van der Waals surface area contributed by atoms with E-state index in [1.54, 1.807) is 6.07 Å². The highest BCUT2D eigenvalue weighted by molar-refractivity contribution is 9.10. The van der Waals surface area contributed by atoms with Crippen molar-refractivity contribution in [3.63, 3.8) is 0 Å². The first kappa shape index (κ1) is 16.9. The molecule has 124 valence electrons. The van der Waals surface area contributed by atoms with Gasteiger partial charge in [0.15, 0.2) is 5.22 Å². The molecule has 0 saturated heterocycles. The van der Waals surface area contributed by atoms with Gasteiger partial charge < -0.3 is 13.9 Å². The van der Waals surface area contributed by atoms with E-state index in [-0.39, 0.29) is 12.4 Å². The van der Waals surface area contributed by atoms with Gasteiger partial charge >= 0.3 is 5.97 Å². The van der Waals surface area contributed by atoms with Crippen molar-refractivity contribution >= 4 is 44.5 Å². The van der Waals surface area contributed by atoms with E-state index in [0.717, 1.165) is 21.0 Å². The molecule has 0 fully saturated rings. The quantitative estimate of drug-likeness (QED) is 0.547. The summed E-state index contributed by atoms with van der Waals surface area (Å²) < 4.78 is 16.8. The zero-order valence-electron chi connectivity index (χ0n) is 12.8. The highest BCUT2D eigenvalue weighted by atomic mass is 79.9. The van der Waals surface area contributed by atoms with E-state index >= 15 is 0 Å². The van der Waals surface area contributed by atoms with Crippen molar-refractivity contribution in [1.29, 1.82) is 0 Å². The Balaban J connectivity index is 1.80. The number of para-hydroxylation sites is 1. The lowest BCUT2D eigenvalue weighted by Gasteiger charge is -2.11. The van der Waals surface area contributed by atoms with Gasteiger partial charge in [0.2, 0.25) is 0 Å². The monoisotopic (exact) mass is 408 g/mol. The molecular formula is C18H14BrClO4. The molecule has 0 unspecified atom stereocenters. The topological polar surface area (TPSA) is 48.7 Å². The molecule has 3 rings (SSSR count). The van der Waals surface area contributed by atoms with Crippen molar-refractivity contribution in [2.45, 2.75) is 13.0 Å². The molecule has 24 heavy (non-hydrogen) atoms. The Bertz CT molecular complexity index is 888. The minimum absolute atomic E-state index is 0.173. The maximum atomic E-state index is 11.5. The highest BCUT2D eigenvalue weighted by Gasteiger charge is 2.11. The number of rotatable bonds is 5. The van der Waals surface area contributed by atoms with Gasteiger partial charge in [-0.1, -0.05) is 18.2 Å². The lowest BCUT2D eigenvalue weighted by atomic mass is 10.1. The Labute approximate surface area is 152 Å². The Morgan fingerprint density at radius 1 is 1.25 bits per heavy atom. The summed E-state index contributed by atoms with van der Waals surface area (Å²) in [6.45, 7) is 0.357. The van der Waals surface area contributed by atoms with Crippen LogP contribution < -0.4 is 4.74 Å². The summed E-state index contributed by atoms with van der Waals surface area (Å²) in [5, 5.41) is 1.24. The summed E-state index contributed by atoms with van der Waals surface area (Å²) in [5.74, 6) is 0.354. The van der Waals surface area contributed by atoms with E-state index in [2.05, 4.69) is 15.9 Å². The molecule has 0 atom stereocenters. The number of halogens is 2. The molecule has 3 aromatic rings. The molecule has 4 nitrogen and oxygen atoms in total. The average molecular weight is 410 g/mol. The summed E-state index contributed by atoms with van der Waals surface area (Å²) in [5.41, 5.74) is 2.45. The van der Waals surface area contributed by atoms with Crippen molar-refractivity contribution in [3.8, 4) is 5.75 Å². The van der Waals surface area contributed by atoms with E-state index < -0.39 is 0 Å². The fourth-order valence-corrected chi connectivity index (χ4v) is 3.20. The molecule has 1 heterocycles. The van der Waals surface area contributed by atoms with Gasteiger partial charge in [-0.2, -0.15) is 0 Å². The molecule has 6 heteroatoms. The molecule has 0 N–H and O–H groups in total. The number of carbonyl (C=O) groups is 1. The Morgan fingerprint density at radius 2 is 2.04 bits per heavy atom. The standard InChI is InChI=1S/C18H14BrClO4/c1-22-17(21)9-12-4-2-3-5-15(12)23-10-11-6-13-8-16(20)24-18(13)14(19)7-11/h2-8H,9-10H2,1H3. The van der Waals surface area contributed by atoms with Crippen LogP contribution >= 0.6 is 27.5 Å². The molecule has 0 saturated carbocycles. The molecule has 0 amide bonds. The van der Waals surface area contributed by atoms with Crippen LogP contribution in [-0.2, 0) is 22.6 Å². The van der Waals surface area contributed by atoms with E-state index in [1.165, 1.54) is 7.11 Å². The van der Waals surface area contributed by atoms with Gasteiger partial charge in [0, 0.05) is 17.0 Å². The Kier molecular flexibility index (Phi) is 5.11. The van der Waals surface area contributed by atoms with Crippen LogP contribution in [0.5, 0.6) is 5.75 Å². The van der Waals surface area contributed by atoms with Gasteiger partial charge in [-0.3, -0.25) is 4.79 Å². The molecule has 0 radical (unpaired) electrons. The lowest BCUT2D eigenvalue weighted by molar-refractivity contribution is -0.139. The number of esters is 1. The average Bonchev–Trinajstić information content (AvgIpc) is 2.95. The van der Waals surface area contributed by atoms with Gasteiger partial charge in [-0.15, -0.1) is 0 Å².